The van der Waals surface area contributed by atoms with Crippen LogP contribution in [0.5, 0.6) is 0 Å². The van der Waals surface area contributed by atoms with Gasteiger partial charge in [0.05, 0.1) is 12.2 Å². The van der Waals surface area contributed by atoms with Crippen molar-refractivity contribution in [2.24, 2.45) is 10.3 Å². The van der Waals surface area contributed by atoms with Crippen LogP contribution in [0.2, 0.25) is 0 Å². The highest BCUT2D eigenvalue weighted by Gasteiger charge is 2.54. The molecule has 2 aliphatic rings. The Morgan fingerprint density at radius 1 is 1.04 bits per heavy atom. The normalized spacial score (nSPS) is 21.7. The van der Waals surface area contributed by atoms with Crippen LogP contribution in [0.3, 0.4) is 0 Å². The van der Waals surface area contributed by atoms with Gasteiger partial charge in [0.2, 0.25) is 0 Å². The second kappa shape index (κ2) is 5.98. The third-order valence-corrected chi connectivity index (χ3v) is 4.61. The van der Waals surface area contributed by atoms with Gasteiger partial charge in [-0.05, 0) is 30.2 Å². The predicted molar refractivity (Wildman–Crippen MR) is 88.0 cm³/mol. The number of carbonyl (C=O) groups is 2. The van der Waals surface area contributed by atoms with Crippen molar-refractivity contribution < 1.29 is 18.4 Å². The second-order valence-electron chi connectivity index (χ2n) is 6.23. The van der Waals surface area contributed by atoms with E-state index in [0.717, 1.165) is 28.2 Å². The molecule has 2 aromatic carbocycles. The van der Waals surface area contributed by atoms with E-state index in [1.807, 2.05) is 31.2 Å². The average Bonchev–Trinajstić information content (AvgIpc) is 3.13. The third kappa shape index (κ3) is 2.45. The maximum Gasteiger partial charge on any atom is 0.263 e. The monoisotopic (exact) mass is 356 g/mol. The third-order valence-electron chi connectivity index (χ3n) is 4.61. The van der Waals surface area contributed by atoms with Crippen molar-refractivity contribution >= 4 is 17.5 Å². The van der Waals surface area contributed by atoms with Crippen molar-refractivity contribution in [2.75, 3.05) is 4.90 Å². The number of fused-ring (bicyclic) bond motifs is 1. The van der Waals surface area contributed by atoms with Gasteiger partial charge >= 0.3 is 0 Å². The van der Waals surface area contributed by atoms with E-state index in [1.165, 1.54) is 11.1 Å². The largest absolute Gasteiger partial charge is 0.271 e. The first kappa shape index (κ1) is 16.3. The SMILES string of the molecule is Cc1ccccc1CN1N=N[C@H]2C(=O)N(c3ccc(F)c(F)c3)C(=O)[C@H]21. The Morgan fingerprint density at radius 3 is 2.54 bits per heavy atom. The summed E-state index contributed by atoms with van der Waals surface area (Å²) in [7, 11) is 0. The van der Waals surface area contributed by atoms with Crippen molar-refractivity contribution in [3.8, 4) is 0 Å². The van der Waals surface area contributed by atoms with E-state index in [9.17, 15) is 18.4 Å². The van der Waals surface area contributed by atoms with Gasteiger partial charge in [0.1, 0.15) is 0 Å². The number of carbonyl (C=O) groups excluding carboxylic acids is 2. The lowest BCUT2D eigenvalue weighted by atomic mass is 10.1. The van der Waals surface area contributed by atoms with E-state index >= 15 is 0 Å². The lowest BCUT2D eigenvalue weighted by Crippen LogP contribution is -2.39. The van der Waals surface area contributed by atoms with Crippen molar-refractivity contribution in [3.05, 3.63) is 65.2 Å². The minimum absolute atomic E-state index is 0.0145. The molecule has 132 valence electrons. The van der Waals surface area contributed by atoms with Gasteiger partial charge in [0.25, 0.3) is 11.8 Å². The number of anilines is 1. The first-order chi connectivity index (χ1) is 12.5. The zero-order chi connectivity index (χ0) is 18.4. The molecule has 0 aromatic heterocycles. The molecule has 0 unspecified atom stereocenters. The number of benzene rings is 2. The van der Waals surface area contributed by atoms with E-state index in [-0.39, 0.29) is 5.69 Å². The molecule has 2 amide bonds. The molecule has 2 aromatic rings. The molecule has 0 N–H and O–H groups in total. The van der Waals surface area contributed by atoms with Gasteiger partial charge in [-0.15, -0.1) is 0 Å². The van der Waals surface area contributed by atoms with Gasteiger partial charge in [-0.2, -0.15) is 5.11 Å². The molecule has 26 heavy (non-hydrogen) atoms. The minimum atomic E-state index is -1.13. The summed E-state index contributed by atoms with van der Waals surface area (Å²) in [5.41, 5.74) is 1.97. The summed E-state index contributed by atoms with van der Waals surface area (Å²) in [4.78, 5) is 26.2. The van der Waals surface area contributed by atoms with Crippen LogP contribution >= 0.6 is 0 Å². The first-order valence-electron chi connectivity index (χ1n) is 8.02. The molecule has 0 spiro atoms. The van der Waals surface area contributed by atoms with E-state index < -0.39 is 35.5 Å². The maximum absolute atomic E-state index is 13.5. The summed E-state index contributed by atoms with van der Waals surface area (Å²) in [6.45, 7) is 2.26. The molecule has 2 atom stereocenters. The molecule has 0 saturated carbocycles. The molecule has 2 aliphatic heterocycles. The standard InChI is InChI=1S/C18H14F2N4O2/c1-10-4-2-3-5-11(10)9-23-16-15(21-22-23)17(25)24(18(16)26)12-6-7-13(19)14(20)8-12/h2-8,15-16H,9H2,1H3/t15-,16+/m1/s1. The Balaban J connectivity index is 1.63. The van der Waals surface area contributed by atoms with E-state index in [0.29, 0.717) is 6.54 Å². The Bertz CT molecular complexity index is 947. The Morgan fingerprint density at radius 2 is 1.81 bits per heavy atom. The molecule has 1 saturated heterocycles. The molecule has 6 nitrogen and oxygen atoms in total. The highest BCUT2D eigenvalue weighted by molar-refractivity contribution is 6.25. The fourth-order valence-electron chi connectivity index (χ4n) is 3.19. The zero-order valence-electron chi connectivity index (χ0n) is 13.8. The molecule has 8 heteroatoms. The second-order valence-corrected chi connectivity index (χ2v) is 6.23. The van der Waals surface area contributed by atoms with Crippen molar-refractivity contribution in [1.82, 2.24) is 5.01 Å². The van der Waals surface area contributed by atoms with Gasteiger partial charge in [-0.3, -0.25) is 14.6 Å². The number of nitrogens with zero attached hydrogens (tertiary/aromatic N) is 4. The molecular weight excluding hydrogens is 342 g/mol. The Kier molecular flexibility index (Phi) is 3.75. The van der Waals surface area contributed by atoms with Gasteiger partial charge in [0, 0.05) is 6.07 Å². The molecular formula is C18H14F2N4O2. The molecule has 1 fully saturated rings. The van der Waals surface area contributed by atoms with Crippen LogP contribution in [0.25, 0.3) is 0 Å². The van der Waals surface area contributed by atoms with Crippen molar-refractivity contribution in [1.29, 1.82) is 0 Å². The van der Waals surface area contributed by atoms with Crippen LogP contribution in [-0.4, -0.2) is 28.9 Å². The van der Waals surface area contributed by atoms with Gasteiger partial charge in [0.15, 0.2) is 23.7 Å². The summed E-state index contributed by atoms with van der Waals surface area (Å²) in [6.07, 6.45) is 0. The lowest BCUT2D eigenvalue weighted by molar-refractivity contribution is -0.123. The van der Waals surface area contributed by atoms with Crippen molar-refractivity contribution in [3.63, 3.8) is 0 Å². The summed E-state index contributed by atoms with van der Waals surface area (Å²) >= 11 is 0. The van der Waals surface area contributed by atoms with Crippen LogP contribution in [0, 0.1) is 18.6 Å². The molecule has 0 radical (unpaired) electrons. The smallest absolute Gasteiger partial charge is 0.263 e. The summed E-state index contributed by atoms with van der Waals surface area (Å²) in [5.74, 6) is -3.32. The quantitative estimate of drug-likeness (QED) is 0.795. The van der Waals surface area contributed by atoms with Crippen molar-refractivity contribution in [2.45, 2.75) is 25.6 Å². The van der Waals surface area contributed by atoms with Crippen LogP contribution in [0.1, 0.15) is 11.1 Å². The number of amides is 2. The van der Waals surface area contributed by atoms with E-state index in [2.05, 4.69) is 10.3 Å². The molecule has 4 rings (SSSR count). The van der Waals surface area contributed by atoms with Crippen LogP contribution < -0.4 is 4.90 Å². The zero-order valence-corrected chi connectivity index (χ0v) is 13.8. The number of rotatable bonds is 3. The fraction of sp³-hybridized carbons (Fsp3) is 0.222. The molecule has 2 heterocycles. The van der Waals surface area contributed by atoms with Crippen LogP contribution in [0.15, 0.2) is 52.8 Å². The number of aryl methyl sites for hydroxylation is 1. The van der Waals surface area contributed by atoms with Gasteiger partial charge in [-0.1, -0.05) is 29.5 Å². The topological polar surface area (TPSA) is 65.3 Å². The minimum Gasteiger partial charge on any atom is -0.271 e. The molecule has 0 bridgehead atoms. The predicted octanol–water partition coefficient (Wildman–Crippen LogP) is 2.77. The van der Waals surface area contributed by atoms with Gasteiger partial charge in [-0.25, -0.2) is 13.7 Å². The Labute approximate surface area is 147 Å². The fourth-order valence-corrected chi connectivity index (χ4v) is 3.19. The summed E-state index contributed by atoms with van der Waals surface area (Å²) in [6, 6.07) is 8.68. The van der Waals surface area contributed by atoms with E-state index in [1.54, 1.807) is 0 Å². The maximum atomic E-state index is 13.5. The highest BCUT2D eigenvalue weighted by atomic mass is 19.2. The van der Waals surface area contributed by atoms with Gasteiger partial charge < -0.3 is 0 Å². The highest BCUT2D eigenvalue weighted by Crippen LogP contribution is 2.33. The van der Waals surface area contributed by atoms with Crippen LogP contribution in [-0.2, 0) is 16.1 Å². The number of hydrogen-bond acceptors (Lipinski definition) is 5. The number of imide groups is 1. The average molecular weight is 356 g/mol. The summed E-state index contributed by atoms with van der Waals surface area (Å²) < 4.78 is 26.7. The van der Waals surface area contributed by atoms with E-state index in [4.69, 9.17) is 0 Å². The lowest BCUT2D eigenvalue weighted by Gasteiger charge is -2.21. The molecule has 0 aliphatic carbocycles. The van der Waals surface area contributed by atoms with Crippen LogP contribution in [0.4, 0.5) is 14.5 Å². The number of halogens is 2. The number of hydrogen-bond donors (Lipinski definition) is 0. The first-order valence-corrected chi connectivity index (χ1v) is 8.02. The summed E-state index contributed by atoms with van der Waals surface area (Å²) in [5, 5.41) is 9.36. The Hall–Kier alpha value is -3.16.